The van der Waals surface area contributed by atoms with Gasteiger partial charge in [0, 0.05) is 12.5 Å². The average molecular weight is 180 g/mol. The number of hydrogen-bond donors (Lipinski definition) is 1. The quantitative estimate of drug-likeness (QED) is 0.769. The van der Waals surface area contributed by atoms with Crippen LogP contribution in [0.2, 0.25) is 0 Å². The molecule has 1 aromatic rings. The maximum atomic E-state index is 6.05. The highest BCUT2D eigenvalue weighted by molar-refractivity contribution is 5.02. The van der Waals surface area contributed by atoms with Crippen LogP contribution in [0.4, 0.5) is 0 Å². The highest BCUT2D eigenvalue weighted by atomic mass is 16.3. The second kappa shape index (κ2) is 2.84. The van der Waals surface area contributed by atoms with E-state index in [2.05, 4.69) is 11.9 Å². The Kier molecular flexibility index (Phi) is 1.91. The largest absolute Gasteiger partial charge is 0.449 e. The maximum Gasteiger partial charge on any atom is 0.195 e. The average Bonchev–Trinajstić information content (AvgIpc) is 2.69. The smallest absolute Gasteiger partial charge is 0.195 e. The Bertz CT molecular complexity index is 302. The van der Waals surface area contributed by atoms with Gasteiger partial charge in [-0.15, -0.1) is 0 Å². The zero-order valence-corrected chi connectivity index (χ0v) is 8.21. The van der Waals surface area contributed by atoms with E-state index in [1.165, 1.54) is 12.8 Å². The summed E-state index contributed by atoms with van der Waals surface area (Å²) < 4.78 is 5.27. The Morgan fingerprint density at radius 2 is 2.38 bits per heavy atom. The van der Waals surface area contributed by atoms with Crippen molar-refractivity contribution >= 4 is 0 Å². The van der Waals surface area contributed by atoms with Crippen molar-refractivity contribution in [2.75, 3.05) is 0 Å². The second-order valence-electron chi connectivity index (χ2n) is 4.35. The van der Waals surface area contributed by atoms with Gasteiger partial charge in [-0.05, 0) is 25.2 Å². The molecule has 1 aliphatic carbocycles. The van der Waals surface area contributed by atoms with E-state index in [1.807, 2.05) is 6.92 Å². The molecule has 1 atom stereocenters. The molecule has 0 radical (unpaired) electrons. The molecule has 0 bridgehead atoms. The van der Waals surface area contributed by atoms with Crippen LogP contribution in [-0.2, 0) is 6.42 Å². The van der Waals surface area contributed by atoms with Crippen LogP contribution in [0.15, 0.2) is 10.7 Å². The van der Waals surface area contributed by atoms with Crippen molar-refractivity contribution in [3.8, 4) is 0 Å². The molecule has 0 spiro atoms. The first-order valence-corrected chi connectivity index (χ1v) is 4.77. The Balaban J connectivity index is 1.98. The zero-order valence-electron chi connectivity index (χ0n) is 8.21. The molecule has 1 unspecified atom stereocenters. The number of rotatable bonds is 3. The van der Waals surface area contributed by atoms with Crippen molar-refractivity contribution < 1.29 is 4.42 Å². The molecule has 72 valence electrons. The van der Waals surface area contributed by atoms with E-state index in [1.54, 1.807) is 6.26 Å². The van der Waals surface area contributed by atoms with Crippen LogP contribution in [0.25, 0.3) is 0 Å². The lowest BCUT2D eigenvalue weighted by Crippen LogP contribution is -2.31. The zero-order chi connectivity index (χ0) is 9.47. The molecule has 2 rings (SSSR count). The van der Waals surface area contributed by atoms with Crippen LogP contribution in [0.5, 0.6) is 0 Å². The Hall–Kier alpha value is -0.830. The van der Waals surface area contributed by atoms with E-state index < -0.39 is 0 Å². The van der Waals surface area contributed by atoms with Crippen LogP contribution in [-0.4, -0.2) is 11.0 Å². The second-order valence-corrected chi connectivity index (χ2v) is 4.35. The van der Waals surface area contributed by atoms with Crippen LogP contribution < -0.4 is 5.73 Å². The first-order valence-electron chi connectivity index (χ1n) is 4.77. The van der Waals surface area contributed by atoms with Gasteiger partial charge in [0.05, 0.1) is 5.69 Å². The summed E-state index contributed by atoms with van der Waals surface area (Å²) in [6.45, 7) is 4.16. The molecule has 0 aromatic carbocycles. The summed E-state index contributed by atoms with van der Waals surface area (Å²) >= 11 is 0. The van der Waals surface area contributed by atoms with E-state index in [9.17, 15) is 0 Å². The van der Waals surface area contributed by atoms with Gasteiger partial charge in [0.15, 0.2) is 5.89 Å². The minimum Gasteiger partial charge on any atom is -0.449 e. The third-order valence-electron chi connectivity index (χ3n) is 2.99. The summed E-state index contributed by atoms with van der Waals surface area (Å²) in [5.74, 6) is 0.776. The number of aromatic nitrogens is 1. The fraction of sp³-hybridized carbons (Fsp3) is 0.700. The molecule has 1 heterocycles. The number of oxazole rings is 1. The van der Waals surface area contributed by atoms with Crippen LogP contribution in [0, 0.1) is 12.3 Å². The normalized spacial score (nSPS) is 21.5. The highest BCUT2D eigenvalue weighted by Crippen LogP contribution is 2.47. The summed E-state index contributed by atoms with van der Waals surface area (Å²) in [5.41, 5.74) is 7.34. The fourth-order valence-corrected chi connectivity index (χ4v) is 1.50. The standard InChI is InChI=1S/C10H16N2O/c1-7-6-13-9(12-7)5-8(11)10(2)3-4-10/h6,8H,3-5,11H2,1-2H3. The molecular weight excluding hydrogens is 164 g/mol. The van der Waals surface area contributed by atoms with Gasteiger partial charge in [-0.25, -0.2) is 4.98 Å². The predicted molar refractivity (Wildman–Crippen MR) is 50.3 cm³/mol. The molecule has 1 fully saturated rings. The van der Waals surface area contributed by atoms with E-state index >= 15 is 0 Å². The van der Waals surface area contributed by atoms with Crippen molar-refractivity contribution in [2.24, 2.45) is 11.1 Å². The van der Waals surface area contributed by atoms with Crippen molar-refractivity contribution in [3.05, 3.63) is 17.8 Å². The highest BCUT2D eigenvalue weighted by Gasteiger charge is 2.43. The lowest BCUT2D eigenvalue weighted by molar-refractivity contribution is 0.387. The van der Waals surface area contributed by atoms with Crippen molar-refractivity contribution in [1.82, 2.24) is 4.98 Å². The summed E-state index contributed by atoms with van der Waals surface area (Å²) in [6, 6.07) is 0.200. The van der Waals surface area contributed by atoms with Crippen molar-refractivity contribution in [3.63, 3.8) is 0 Å². The number of hydrogen-bond acceptors (Lipinski definition) is 3. The molecular formula is C10H16N2O. The van der Waals surface area contributed by atoms with Gasteiger partial charge < -0.3 is 10.2 Å². The van der Waals surface area contributed by atoms with Gasteiger partial charge >= 0.3 is 0 Å². The Morgan fingerprint density at radius 3 is 2.85 bits per heavy atom. The lowest BCUT2D eigenvalue weighted by Gasteiger charge is -2.16. The number of aryl methyl sites for hydroxylation is 1. The molecule has 1 saturated carbocycles. The molecule has 0 saturated heterocycles. The summed E-state index contributed by atoms with van der Waals surface area (Å²) in [4.78, 5) is 4.25. The third-order valence-corrected chi connectivity index (χ3v) is 2.99. The monoisotopic (exact) mass is 180 g/mol. The molecule has 3 heteroatoms. The van der Waals surface area contributed by atoms with Gasteiger partial charge in [0.2, 0.25) is 0 Å². The van der Waals surface area contributed by atoms with Crippen molar-refractivity contribution in [2.45, 2.75) is 39.2 Å². The van der Waals surface area contributed by atoms with Gasteiger partial charge in [-0.2, -0.15) is 0 Å². The number of nitrogens with zero attached hydrogens (tertiary/aromatic N) is 1. The van der Waals surface area contributed by atoms with Gasteiger partial charge in [-0.1, -0.05) is 6.92 Å². The minimum atomic E-state index is 0.200. The Labute approximate surface area is 78.3 Å². The first-order chi connectivity index (χ1) is 6.10. The molecule has 13 heavy (non-hydrogen) atoms. The van der Waals surface area contributed by atoms with E-state index in [-0.39, 0.29) is 6.04 Å². The summed E-state index contributed by atoms with van der Waals surface area (Å²) in [7, 11) is 0. The molecule has 1 aliphatic rings. The molecule has 1 aromatic heterocycles. The minimum absolute atomic E-state index is 0.200. The van der Waals surface area contributed by atoms with Crippen LogP contribution >= 0.6 is 0 Å². The SMILES string of the molecule is Cc1coc(CC(N)C2(C)CC2)n1. The van der Waals surface area contributed by atoms with E-state index in [4.69, 9.17) is 10.2 Å². The predicted octanol–water partition coefficient (Wildman–Crippen LogP) is 1.65. The van der Waals surface area contributed by atoms with Crippen molar-refractivity contribution in [1.29, 1.82) is 0 Å². The molecule has 0 amide bonds. The Morgan fingerprint density at radius 1 is 1.69 bits per heavy atom. The first kappa shape index (κ1) is 8.75. The summed E-state index contributed by atoms with van der Waals surface area (Å²) in [5, 5.41) is 0. The summed E-state index contributed by atoms with van der Waals surface area (Å²) in [6.07, 6.45) is 4.93. The van der Waals surface area contributed by atoms with Gasteiger partial charge in [0.25, 0.3) is 0 Å². The topological polar surface area (TPSA) is 52.0 Å². The number of nitrogens with two attached hydrogens (primary N) is 1. The van der Waals surface area contributed by atoms with E-state index in [0.29, 0.717) is 5.41 Å². The molecule has 3 nitrogen and oxygen atoms in total. The maximum absolute atomic E-state index is 6.05. The van der Waals surface area contributed by atoms with Gasteiger partial charge in [0.1, 0.15) is 6.26 Å². The molecule has 2 N–H and O–H groups in total. The lowest BCUT2D eigenvalue weighted by atomic mass is 9.97. The fourth-order valence-electron chi connectivity index (χ4n) is 1.50. The molecule has 0 aliphatic heterocycles. The van der Waals surface area contributed by atoms with Gasteiger partial charge in [-0.3, -0.25) is 0 Å². The third kappa shape index (κ3) is 1.75. The van der Waals surface area contributed by atoms with Crippen LogP contribution in [0.1, 0.15) is 31.4 Å². The van der Waals surface area contributed by atoms with E-state index in [0.717, 1.165) is 18.0 Å². The van der Waals surface area contributed by atoms with Crippen LogP contribution in [0.3, 0.4) is 0 Å².